The van der Waals surface area contributed by atoms with E-state index in [2.05, 4.69) is 13.8 Å². The van der Waals surface area contributed by atoms with Crippen LogP contribution < -0.4 is 0 Å². The third kappa shape index (κ3) is 3.51. The Labute approximate surface area is 149 Å². The van der Waals surface area contributed by atoms with Gasteiger partial charge in [0, 0.05) is 12.5 Å². The number of benzene rings is 1. The van der Waals surface area contributed by atoms with Crippen molar-refractivity contribution in [2.75, 3.05) is 6.54 Å². The molecule has 25 heavy (non-hydrogen) atoms. The fraction of sp³-hybridized carbons (Fsp3) is 0.600. The molecule has 1 saturated carbocycles. The highest BCUT2D eigenvalue weighted by Gasteiger charge is 2.70. The normalized spacial score (nSPS) is 26.8. The van der Waals surface area contributed by atoms with Gasteiger partial charge in [-0.05, 0) is 37.7 Å². The Bertz CT molecular complexity index is 662. The van der Waals surface area contributed by atoms with Crippen LogP contribution in [0.3, 0.4) is 0 Å². The highest BCUT2D eigenvalue weighted by atomic mass is 16.6. The minimum Gasteiger partial charge on any atom is -0.459 e. The quantitative estimate of drug-likeness (QED) is 0.785. The van der Waals surface area contributed by atoms with E-state index >= 15 is 0 Å². The summed E-state index contributed by atoms with van der Waals surface area (Å²) in [5.74, 6) is 0.130. The van der Waals surface area contributed by atoms with Crippen molar-refractivity contribution in [3.8, 4) is 0 Å². The van der Waals surface area contributed by atoms with Crippen LogP contribution in [0.4, 0.5) is 4.79 Å². The van der Waals surface area contributed by atoms with Crippen molar-refractivity contribution in [2.45, 2.75) is 52.9 Å². The highest BCUT2D eigenvalue weighted by molar-refractivity contribution is 5.84. The largest absolute Gasteiger partial charge is 0.459 e. The summed E-state index contributed by atoms with van der Waals surface area (Å²) < 4.78 is 11.0. The molecule has 1 amide bonds. The summed E-state index contributed by atoms with van der Waals surface area (Å²) in [4.78, 5) is 26.8. The molecule has 2 aliphatic rings. The Morgan fingerprint density at radius 3 is 2.44 bits per heavy atom. The lowest BCUT2D eigenvalue weighted by atomic mass is 10.0. The van der Waals surface area contributed by atoms with Crippen molar-refractivity contribution < 1.29 is 19.1 Å². The van der Waals surface area contributed by atoms with Crippen LogP contribution in [0, 0.1) is 17.3 Å². The molecule has 1 aliphatic carbocycles. The van der Waals surface area contributed by atoms with Gasteiger partial charge in [-0.1, -0.05) is 44.2 Å². The predicted molar refractivity (Wildman–Crippen MR) is 93.7 cm³/mol. The number of nitrogens with zero attached hydrogens (tertiary/aromatic N) is 1. The molecule has 0 aromatic heterocycles. The molecular formula is C20H27NO4. The Morgan fingerprint density at radius 1 is 1.20 bits per heavy atom. The van der Waals surface area contributed by atoms with Crippen LogP contribution in [0.1, 0.15) is 40.2 Å². The van der Waals surface area contributed by atoms with Crippen molar-refractivity contribution in [1.82, 2.24) is 4.90 Å². The molecule has 5 heteroatoms. The van der Waals surface area contributed by atoms with Gasteiger partial charge < -0.3 is 9.47 Å². The van der Waals surface area contributed by atoms with Crippen molar-refractivity contribution in [2.24, 2.45) is 17.3 Å². The topological polar surface area (TPSA) is 55.8 Å². The van der Waals surface area contributed by atoms with Crippen LogP contribution in [-0.4, -0.2) is 35.2 Å². The molecule has 0 bridgehead atoms. The second kappa shape index (κ2) is 6.04. The zero-order valence-corrected chi connectivity index (χ0v) is 15.6. The lowest BCUT2D eigenvalue weighted by Gasteiger charge is -2.31. The van der Waals surface area contributed by atoms with Crippen molar-refractivity contribution in [3.05, 3.63) is 35.9 Å². The second-order valence-electron chi connectivity index (χ2n) is 8.62. The van der Waals surface area contributed by atoms with E-state index in [1.807, 2.05) is 51.1 Å². The van der Waals surface area contributed by atoms with Crippen molar-refractivity contribution in [1.29, 1.82) is 0 Å². The Kier molecular flexibility index (Phi) is 4.30. The maximum Gasteiger partial charge on any atom is 0.411 e. The summed E-state index contributed by atoms with van der Waals surface area (Å²) in [6, 6.07) is 9.01. The maximum atomic E-state index is 12.8. The number of carbonyl (C=O) groups excluding carboxylic acids is 2. The lowest BCUT2D eigenvalue weighted by molar-refractivity contribution is -0.151. The number of fused-ring (bicyclic) bond motifs is 1. The van der Waals surface area contributed by atoms with Crippen molar-refractivity contribution >= 4 is 12.1 Å². The molecule has 3 rings (SSSR count). The number of piperidine rings is 1. The number of carbonyl (C=O) groups is 2. The molecule has 1 aromatic carbocycles. The number of likely N-dealkylation sites (tertiary alicyclic amines) is 1. The third-order valence-corrected chi connectivity index (χ3v) is 5.30. The van der Waals surface area contributed by atoms with Crippen LogP contribution in [-0.2, 0) is 20.9 Å². The number of ether oxygens (including phenoxy) is 2. The molecule has 1 aliphatic heterocycles. The zero-order valence-electron chi connectivity index (χ0n) is 15.6. The van der Waals surface area contributed by atoms with Crippen LogP contribution in [0.2, 0.25) is 0 Å². The van der Waals surface area contributed by atoms with E-state index < -0.39 is 17.7 Å². The van der Waals surface area contributed by atoms with E-state index in [4.69, 9.17) is 9.47 Å². The maximum absolute atomic E-state index is 12.8. The molecule has 2 fully saturated rings. The first kappa shape index (κ1) is 17.8. The summed E-state index contributed by atoms with van der Waals surface area (Å²) in [5, 5.41) is 0. The van der Waals surface area contributed by atoms with Gasteiger partial charge in [0.25, 0.3) is 0 Å². The Balaban J connectivity index is 1.70. The van der Waals surface area contributed by atoms with Gasteiger partial charge in [-0.15, -0.1) is 0 Å². The Hall–Kier alpha value is -2.04. The summed E-state index contributed by atoms with van der Waals surface area (Å²) in [7, 11) is 0. The average molecular weight is 345 g/mol. The van der Waals surface area contributed by atoms with Crippen LogP contribution >= 0.6 is 0 Å². The molecule has 0 N–H and O–H groups in total. The van der Waals surface area contributed by atoms with Gasteiger partial charge >= 0.3 is 12.1 Å². The van der Waals surface area contributed by atoms with E-state index in [1.165, 1.54) is 0 Å². The number of esters is 1. The number of rotatable bonds is 3. The molecule has 5 nitrogen and oxygen atoms in total. The third-order valence-electron chi connectivity index (χ3n) is 5.30. The molecule has 0 spiro atoms. The molecule has 136 valence electrons. The van der Waals surface area contributed by atoms with Crippen LogP contribution in [0.15, 0.2) is 30.3 Å². The van der Waals surface area contributed by atoms with Crippen LogP contribution in [0.5, 0.6) is 0 Å². The predicted octanol–water partition coefficient (Wildman–Crippen LogP) is 3.62. The molecular weight excluding hydrogens is 318 g/mol. The van der Waals surface area contributed by atoms with Gasteiger partial charge in [0.05, 0.1) is 0 Å². The zero-order chi connectivity index (χ0) is 18.4. The van der Waals surface area contributed by atoms with Gasteiger partial charge in [-0.25, -0.2) is 9.59 Å². The summed E-state index contributed by atoms with van der Waals surface area (Å²) in [5.41, 5.74) is 0.414. The molecule has 1 heterocycles. The minimum atomic E-state index is -0.585. The first-order valence-corrected chi connectivity index (χ1v) is 8.81. The van der Waals surface area contributed by atoms with Gasteiger partial charge in [-0.3, -0.25) is 4.90 Å². The fourth-order valence-corrected chi connectivity index (χ4v) is 3.88. The fourth-order valence-electron chi connectivity index (χ4n) is 3.88. The van der Waals surface area contributed by atoms with E-state index in [9.17, 15) is 9.59 Å². The van der Waals surface area contributed by atoms with E-state index in [0.717, 1.165) is 5.56 Å². The summed E-state index contributed by atoms with van der Waals surface area (Å²) in [6.07, 6.45) is -0.433. The second-order valence-corrected chi connectivity index (χ2v) is 8.62. The average Bonchev–Trinajstić information content (AvgIpc) is 2.89. The molecule has 1 aromatic rings. The number of hydrogen-bond acceptors (Lipinski definition) is 4. The summed E-state index contributed by atoms with van der Waals surface area (Å²) >= 11 is 0. The minimum absolute atomic E-state index is 0.0644. The van der Waals surface area contributed by atoms with E-state index in [1.54, 1.807) is 4.90 Å². The lowest BCUT2D eigenvalue weighted by Crippen LogP contribution is -2.48. The van der Waals surface area contributed by atoms with Gasteiger partial charge in [0.1, 0.15) is 18.2 Å². The van der Waals surface area contributed by atoms with Gasteiger partial charge in [0.15, 0.2) is 0 Å². The van der Waals surface area contributed by atoms with Gasteiger partial charge in [0.2, 0.25) is 0 Å². The molecule has 3 atom stereocenters. The first-order valence-electron chi connectivity index (χ1n) is 8.81. The van der Waals surface area contributed by atoms with Crippen LogP contribution in [0.25, 0.3) is 0 Å². The number of hydrogen-bond donors (Lipinski definition) is 0. The smallest absolute Gasteiger partial charge is 0.411 e. The first-order chi connectivity index (χ1) is 11.6. The van der Waals surface area contributed by atoms with E-state index in [-0.39, 0.29) is 23.9 Å². The molecule has 1 saturated heterocycles. The number of amides is 1. The molecule has 0 unspecified atom stereocenters. The highest BCUT2D eigenvalue weighted by Crippen LogP contribution is 2.65. The van der Waals surface area contributed by atoms with Gasteiger partial charge in [-0.2, -0.15) is 0 Å². The summed E-state index contributed by atoms with van der Waals surface area (Å²) in [6.45, 7) is 10.5. The van der Waals surface area contributed by atoms with Crippen molar-refractivity contribution in [3.63, 3.8) is 0 Å². The van der Waals surface area contributed by atoms with E-state index in [0.29, 0.717) is 12.5 Å². The SMILES string of the molecule is CC(C)(C)OC(=O)N1C[C@H]2[C@@H]([C@H]1C(=O)OCc1ccccc1)C2(C)C. The monoisotopic (exact) mass is 345 g/mol. The molecule has 0 radical (unpaired) electrons. The standard InChI is InChI=1S/C20H27NO4/c1-19(2,3)25-18(23)21-11-14-15(20(14,4)5)16(21)17(22)24-12-13-9-7-6-8-10-13/h6-10,14-16H,11-12H2,1-5H3/t14-,15-,16-/m0/s1. The Morgan fingerprint density at radius 2 is 1.84 bits per heavy atom.